The van der Waals surface area contributed by atoms with E-state index in [1.54, 1.807) is 12.4 Å². The number of rotatable bonds is 0. The van der Waals surface area contributed by atoms with E-state index in [1.165, 1.54) is 0 Å². The average Bonchev–Trinajstić information content (AvgIpc) is 1.90. The summed E-state index contributed by atoms with van der Waals surface area (Å²) in [5.41, 5.74) is 0. The van der Waals surface area contributed by atoms with Gasteiger partial charge < -0.3 is 13.4 Å². The summed E-state index contributed by atoms with van der Waals surface area (Å²) in [5, 5.41) is 7.42. The fraction of sp³-hybridized carbons (Fsp3) is 0.143. The molecule has 1 aromatic rings. The predicted octanol–water partition coefficient (Wildman–Crippen LogP) is 0.192. The molecule has 1 rings (SSSR count). The molecular weight excluding hydrogens is 170 g/mol. The van der Waals surface area contributed by atoms with E-state index in [9.17, 15) is 0 Å². The second kappa shape index (κ2) is 13.0. The molecule has 0 atom stereocenters. The van der Waals surface area contributed by atoms with Crippen molar-refractivity contribution in [1.82, 2.24) is 4.98 Å². The molecule has 0 aliphatic carbocycles. The van der Waals surface area contributed by atoms with Crippen molar-refractivity contribution in [2.24, 2.45) is 0 Å². The quantitative estimate of drug-likeness (QED) is 0.583. The molecule has 0 amide bonds. The molecule has 5 heteroatoms. The molecule has 0 radical (unpaired) electrons. The van der Waals surface area contributed by atoms with Crippen LogP contribution in [0.2, 0.25) is 0 Å². The van der Waals surface area contributed by atoms with Crippen molar-refractivity contribution >= 4 is 29.0 Å². The van der Waals surface area contributed by atoms with Gasteiger partial charge in [-0.25, -0.2) is 0 Å². The Balaban J connectivity index is -0.0000000315. The summed E-state index contributed by atoms with van der Waals surface area (Å²) in [6, 6.07) is 5.72. The van der Waals surface area contributed by atoms with Gasteiger partial charge in [-0.05, 0) is 12.1 Å². The van der Waals surface area contributed by atoms with Crippen molar-refractivity contribution in [2.45, 2.75) is 6.92 Å². The van der Waals surface area contributed by atoms with Gasteiger partial charge >= 0.3 is 23.1 Å². The largest absolute Gasteiger partial charge is 2.00 e. The van der Waals surface area contributed by atoms with Gasteiger partial charge in [0.25, 0.3) is 5.97 Å². The second-order valence-electron chi connectivity index (χ2n) is 1.54. The first-order valence-corrected chi connectivity index (χ1v) is 2.78. The van der Waals surface area contributed by atoms with Gasteiger partial charge in [0, 0.05) is 19.3 Å². The first kappa shape index (κ1) is 17.4. The smallest absolute Gasteiger partial charge is 1.00 e. The van der Waals surface area contributed by atoms with Crippen molar-refractivity contribution in [2.75, 3.05) is 0 Å². The van der Waals surface area contributed by atoms with E-state index < -0.39 is 5.97 Å². The Morgan fingerprint density at radius 3 is 1.75 bits per heavy atom. The Hall–Kier alpha value is -0.654. The maximum absolute atomic E-state index is 9.00. The van der Waals surface area contributed by atoms with Crippen molar-refractivity contribution in [3.63, 3.8) is 0 Å². The van der Waals surface area contributed by atoms with Gasteiger partial charge in [-0.3, -0.25) is 9.78 Å². The van der Waals surface area contributed by atoms with Crippen LogP contribution < -0.4 is 0 Å². The standard InChI is InChI=1S/C5H5N.C2H4O2.Mg.H2O.2H/c1-2-4-6-5-3-1;1-2(3)4;;;;/h1-5H;1H3,(H,3,4);;1H2;;/q;;+2;;2*-1. The van der Waals surface area contributed by atoms with Crippen LogP contribution in [0.5, 0.6) is 0 Å². The molecular formula is C7H13MgNO3. The zero-order chi connectivity index (χ0) is 7.82. The number of carboxylic acid groups (broad SMARTS) is 1. The van der Waals surface area contributed by atoms with Crippen LogP contribution in [0.4, 0.5) is 0 Å². The number of hydrogen-bond donors (Lipinski definition) is 1. The summed E-state index contributed by atoms with van der Waals surface area (Å²) >= 11 is 0. The van der Waals surface area contributed by atoms with Crippen molar-refractivity contribution in [3.8, 4) is 0 Å². The maximum Gasteiger partial charge on any atom is 2.00 e. The number of pyridine rings is 1. The fourth-order valence-corrected chi connectivity index (χ4v) is 0.313. The van der Waals surface area contributed by atoms with Crippen LogP contribution in [0.15, 0.2) is 30.6 Å². The van der Waals surface area contributed by atoms with E-state index in [0.29, 0.717) is 0 Å². The molecule has 1 aromatic heterocycles. The Bertz CT molecular complexity index is 159. The first-order chi connectivity index (χ1) is 4.73. The third kappa shape index (κ3) is 22.8. The molecule has 0 bridgehead atoms. The van der Waals surface area contributed by atoms with Crippen LogP contribution in [0.25, 0.3) is 0 Å². The molecule has 0 saturated carbocycles. The van der Waals surface area contributed by atoms with Crippen LogP contribution in [0.1, 0.15) is 9.78 Å². The van der Waals surface area contributed by atoms with Gasteiger partial charge in [-0.15, -0.1) is 0 Å². The molecule has 0 aromatic carbocycles. The van der Waals surface area contributed by atoms with Crippen LogP contribution >= 0.6 is 0 Å². The van der Waals surface area contributed by atoms with Crippen LogP contribution in [0, 0.1) is 0 Å². The number of aliphatic carboxylic acids is 1. The summed E-state index contributed by atoms with van der Waals surface area (Å²) in [7, 11) is 0. The molecule has 0 unspecified atom stereocenters. The third-order valence-corrected chi connectivity index (χ3v) is 0.566. The zero-order valence-corrected chi connectivity index (χ0v) is 8.31. The van der Waals surface area contributed by atoms with Gasteiger partial charge in [-0.2, -0.15) is 0 Å². The summed E-state index contributed by atoms with van der Waals surface area (Å²) in [4.78, 5) is 12.8. The molecule has 0 aliphatic heterocycles. The summed E-state index contributed by atoms with van der Waals surface area (Å²) in [5.74, 6) is -0.833. The Morgan fingerprint density at radius 2 is 1.67 bits per heavy atom. The molecule has 4 nitrogen and oxygen atoms in total. The molecule has 66 valence electrons. The third-order valence-electron chi connectivity index (χ3n) is 0.566. The van der Waals surface area contributed by atoms with E-state index in [1.807, 2.05) is 18.2 Å². The molecule has 12 heavy (non-hydrogen) atoms. The molecule has 0 spiro atoms. The van der Waals surface area contributed by atoms with E-state index in [2.05, 4.69) is 4.98 Å². The Kier molecular flexibility index (Phi) is 18.9. The van der Waals surface area contributed by atoms with Crippen molar-refractivity contribution in [1.29, 1.82) is 0 Å². The van der Waals surface area contributed by atoms with E-state index in [-0.39, 0.29) is 31.4 Å². The Morgan fingerprint density at radius 1 is 1.33 bits per heavy atom. The average molecular weight is 183 g/mol. The maximum atomic E-state index is 9.00. The molecule has 0 aliphatic rings. The van der Waals surface area contributed by atoms with Crippen LogP contribution in [-0.2, 0) is 4.79 Å². The van der Waals surface area contributed by atoms with E-state index >= 15 is 0 Å². The number of carboxylic acids is 1. The number of aromatic nitrogens is 1. The van der Waals surface area contributed by atoms with Crippen molar-refractivity contribution < 1.29 is 18.2 Å². The molecule has 0 fully saturated rings. The number of nitrogens with zero attached hydrogens (tertiary/aromatic N) is 1. The normalized spacial score (nSPS) is 6.08. The number of carbonyl (C=O) groups is 1. The van der Waals surface area contributed by atoms with Gasteiger partial charge in [-0.1, -0.05) is 6.07 Å². The van der Waals surface area contributed by atoms with E-state index in [4.69, 9.17) is 9.90 Å². The second-order valence-corrected chi connectivity index (χ2v) is 1.54. The summed E-state index contributed by atoms with van der Waals surface area (Å²) in [6.45, 7) is 1.08. The number of hydrogen-bond acceptors (Lipinski definition) is 2. The summed E-state index contributed by atoms with van der Waals surface area (Å²) < 4.78 is 0. The summed E-state index contributed by atoms with van der Waals surface area (Å²) in [6.07, 6.45) is 3.50. The monoisotopic (exact) mass is 183 g/mol. The van der Waals surface area contributed by atoms with Gasteiger partial charge in [0.15, 0.2) is 0 Å². The minimum atomic E-state index is -0.833. The fourth-order valence-electron chi connectivity index (χ4n) is 0.313. The minimum absolute atomic E-state index is 0. The predicted molar refractivity (Wildman–Crippen MR) is 49.1 cm³/mol. The van der Waals surface area contributed by atoms with Crippen LogP contribution in [-0.4, -0.2) is 44.6 Å². The zero-order valence-electron chi connectivity index (χ0n) is 8.90. The topological polar surface area (TPSA) is 81.7 Å². The van der Waals surface area contributed by atoms with Crippen LogP contribution in [0.3, 0.4) is 0 Å². The van der Waals surface area contributed by atoms with Gasteiger partial charge in [0.2, 0.25) is 0 Å². The van der Waals surface area contributed by atoms with Gasteiger partial charge in [0.05, 0.1) is 0 Å². The SMILES string of the molecule is CC(=O)O.O.[H-].[H-].[Mg+2].c1ccncc1. The minimum Gasteiger partial charge on any atom is -1.00 e. The molecule has 0 saturated heterocycles. The van der Waals surface area contributed by atoms with Crippen molar-refractivity contribution in [3.05, 3.63) is 30.6 Å². The first-order valence-electron chi connectivity index (χ1n) is 2.78. The Labute approximate surface area is 90.1 Å². The molecule has 1 heterocycles. The molecule has 3 N–H and O–H groups in total. The van der Waals surface area contributed by atoms with E-state index in [0.717, 1.165) is 6.92 Å². The van der Waals surface area contributed by atoms with Gasteiger partial charge in [0.1, 0.15) is 0 Å².